The summed E-state index contributed by atoms with van der Waals surface area (Å²) < 4.78 is 0. The van der Waals surface area contributed by atoms with Crippen LogP contribution < -0.4 is 0 Å². The first kappa shape index (κ1) is 12.1. The Kier molecular flexibility index (Phi) is 4.38. The molecule has 0 fully saturated rings. The van der Waals surface area contributed by atoms with Gasteiger partial charge in [0, 0.05) is 25.0 Å². The van der Waals surface area contributed by atoms with Crippen LogP contribution in [-0.2, 0) is 12.8 Å². The Labute approximate surface area is 105 Å². The first-order valence-corrected chi connectivity index (χ1v) is 6.95. The number of hydrogen-bond donors (Lipinski definition) is 1. The number of alkyl halides is 1. The Bertz CT molecular complexity index is 315. The van der Waals surface area contributed by atoms with Crippen molar-refractivity contribution >= 4 is 15.9 Å². The van der Waals surface area contributed by atoms with Crippen LogP contribution in [0.2, 0.25) is 0 Å². The Morgan fingerprint density at radius 1 is 1.19 bits per heavy atom. The molecule has 1 heterocycles. The van der Waals surface area contributed by atoms with Gasteiger partial charge in [-0.2, -0.15) is 0 Å². The summed E-state index contributed by atoms with van der Waals surface area (Å²) in [7, 11) is 0. The summed E-state index contributed by atoms with van der Waals surface area (Å²) in [6.07, 6.45) is 1.96. The van der Waals surface area contributed by atoms with Gasteiger partial charge in [0.25, 0.3) is 0 Å². The van der Waals surface area contributed by atoms with Crippen LogP contribution in [0.5, 0.6) is 0 Å². The normalized spacial score (nSPS) is 18.9. The highest BCUT2D eigenvalue weighted by atomic mass is 79.9. The lowest BCUT2D eigenvalue weighted by Crippen LogP contribution is -2.35. The third kappa shape index (κ3) is 3.06. The van der Waals surface area contributed by atoms with Gasteiger partial charge in [-0.3, -0.25) is 0 Å². The van der Waals surface area contributed by atoms with Gasteiger partial charge in [-0.05, 0) is 24.0 Å². The molecule has 1 aliphatic heterocycles. The fraction of sp³-hybridized carbons (Fsp3) is 0.538. The molecule has 1 aromatic carbocycles. The molecule has 0 amide bonds. The monoisotopic (exact) mass is 283 g/mol. The summed E-state index contributed by atoms with van der Waals surface area (Å²) >= 11 is 3.31. The number of halogens is 1. The molecule has 0 spiro atoms. The molecule has 0 saturated carbocycles. The lowest BCUT2D eigenvalue weighted by atomic mass is 10.0. The molecule has 2 nitrogen and oxygen atoms in total. The van der Waals surface area contributed by atoms with E-state index in [-0.39, 0.29) is 6.10 Å². The molecule has 3 heteroatoms. The van der Waals surface area contributed by atoms with Gasteiger partial charge in [0.1, 0.15) is 0 Å². The van der Waals surface area contributed by atoms with Gasteiger partial charge in [0.15, 0.2) is 0 Å². The second-order valence-electron chi connectivity index (χ2n) is 4.38. The second-order valence-corrected chi connectivity index (χ2v) is 5.02. The quantitative estimate of drug-likeness (QED) is 0.856. The van der Waals surface area contributed by atoms with Crippen LogP contribution in [0, 0.1) is 0 Å². The molecule has 0 aliphatic carbocycles. The van der Waals surface area contributed by atoms with E-state index in [1.54, 1.807) is 0 Å². The molecule has 2 rings (SSSR count). The first-order chi connectivity index (χ1) is 7.79. The summed E-state index contributed by atoms with van der Waals surface area (Å²) in [6, 6.07) is 8.67. The minimum absolute atomic E-state index is 0.249. The number of rotatable bonds is 3. The predicted octanol–water partition coefficient (Wildman–Crippen LogP) is 1.84. The van der Waals surface area contributed by atoms with E-state index in [4.69, 9.17) is 0 Å². The lowest BCUT2D eigenvalue weighted by Gasteiger charge is -2.21. The molecule has 88 valence electrons. The predicted molar refractivity (Wildman–Crippen MR) is 70.1 cm³/mol. The Morgan fingerprint density at radius 3 is 2.25 bits per heavy atom. The number of fused-ring (bicyclic) bond motifs is 1. The van der Waals surface area contributed by atoms with Crippen molar-refractivity contribution < 1.29 is 5.11 Å². The lowest BCUT2D eigenvalue weighted by molar-refractivity contribution is 0.134. The van der Waals surface area contributed by atoms with E-state index in [1.165, 1.54) is 11.1 Å². The summed E-state index contributed by atoms with van der Waals surface area (Å²) in [5.41, 5.74) is 2.94. The van der Waals surface area contributed by atoms with Crippen LogP contribution in [0.25, 0.3) is 0 Å². The van der Waals surface area contributed by atoms with E-state index in [0.717, 1.165) is 32.5 Å². The maximum Gasteiger partial charge on any atom is 0.0763 e. The fourth-order valence-electron chi connectivity index (χ4n) is 2.24. The minimum atomic E-state index is -0.249. The van der Waals surface area contributed by atoms with E-state index in [9.17, 15) is 5.11 Å². The van der Waals surface area contributed by atoms with Gasteiger partial charge >= 0.3 is 0 Å². The molecule has 1 unspecified atom stereocenters. The Morgan fingerprint density at radius 2 is 1.75 bits per heavy atom. The maximum absolute atomic E-state index is 9.63. The Hall–Kier alpha value is -0.380. The van der Waals surface area contributed by atoms with Crippen molar-refractivity contribution in [3.8, 4) is 0 Å². The molecule has 0 radical (unpaired) electrons. The van der Waals surface area contributed by atoms with E-state index in [1.807, 2.05) is 0 Å². The van der Waals surface area contributed by atoms with E-state index in [0.29, 0.717) is 5.33 Å². The zero-order valence-electron chi connectivity index (χ0n) is 9.40. The first-order valence-electron chi connectivity index (χ1n) is 5.83. The van der Waals surface area contributed by atoms with E-state index < -0.39 is 0 Å². The average Bonchev–Trinajstić information content (AvgIpc) is 2.52. The molecule has 1 aliphatic rings. The highest BCUT2D eigenvalue weighted by Gasteiger charge is 2.15. The van der Waals surface area contributed by atoms with Gasteiger partial charge in [0.05, 0.1) is 6.10 Å². The molecular weight excluding hydrogens is 266 g/mol. The van der Waals surface area contributed by atoms with E-state index >= 15 is 0 Å². The molecule has 1 atom stereocenters. The number of aliphatic hydroxyl groups is 1. The van der Waals surface area contributed by atoms with Crippen LogP contribution in [0.15, 0.2) is 24.3 Å². The molecule has 1 N–H and O–H groups in total. The fourth-order valence-corrected chi connectivity index (χ4v) is 2.45. The Balaban J connectivity index is 1.97. The van der Waals surface area contributed by atoms with Crippen LogP contribution in [0.1, 0.15) is 11.1 Å². The molecule has 0 bridgehead atoms. The SMILES string of the molecule is OC(CBr)CN1CCc2ccccc2CC1. The van der Waals surface area contributed by atoms with Gasteiger partial charge in [-0.15, -0.1) is 0 Å². The minimum Gasteiger partial charge on any atom is -0.391 e. The average molecular weight is 284 g/mol. The zero-order valence-corrected chi connectivity index (χ0v) is 11.0. The van der Waals surface area contributed by atoms with Crippen molar-refractivity contribution in [3.63, 3.8) is 0 Å². The number of hydrogen-bond acceptors (Lipinski definition) is 2. The van der Waals surface area contributed by atoms with Gasteiger partial charge in [0.2, 0.25) is 0 Å². The van der Waals surface area contributed by atoms with Crippen molar-refractivity contribution in [2.75, 3.05) is 25.0 Å². The molecular formula is C13H18BrNO. The highest BCUT2D eigenvalue weighted by molar-refractivity contribution is 9.09. The van der Waals surface area contributed by atoms with Crippen LogP contribution in [0.4, 0.5) is 0 Å². The molecule has 16 heavy (non-hydrogen) atoms. The van der Waals surface area contributed by atoms with Crippen LogP contribution >= 0.6 is 15.9 Å². The summed E-state index contributed by atoms with van der Waals surface area (Å²) in [5, 5.41) is 10.3. The van der Waals surface area contributed by atoms with Crippen LogP contribution in [-0.4, -0.2) is 41.1 Å². The zero-order chi connectivity index (χ0) is 11.4. The van der Waals surface area contributed by atoms with Crippen molar-refractivity contribution in [1.82, 2.24) is 4.90 Å². The third-order valence-electron chi connectivity index (χ3n) is 3.16. The topological polar surface area (TPSA) is 23.5 Å². The van der Waals surface area contributed by atoms with Crippen molar-refractivity contribution in [2.45, 2.75) is 18.9 Å². The standard InChI is InChI=1S/C13H18BrNO/c14-9-13(16)10-15-7-5-11-3-1-2-4-12(11)6-8-15/h1-4,13,16H,5-10H2. The van der Waals surface area contributed by atoms with E-state index in [2.05, 4.69) is 45.1 Å². The molecule has 0 saturated heterocycles. The van der Waals surface area contributed by atoms with Crippen LogP contribution in [0.3, 0.4) is 0 Å². The summed E-state index contributed by atoms with van der Waals surface area (Å²) in [5.74, 6) is 0. The second kappa shape index (κ2) is 5.80. The number of β-amino-alcohol motifs (C(OH)–C–C–N with tert-alkyl or cyclic N) is 1. The number of aliphatic hydroxyl groups excluding tert-OH is 1. The van der Waals surface area contributed by atoms with Crippen molar-refractivity contribution in [3.05, 3.63) is 35.4 Å². The van der Waals surface area contributed by atoms with Gasteiger partial charge in [-0.1, -0.05) is 40.2 Å². The van der Waals surface area contributed by atoms with Gasteiger partial charge in [-0.25, -0.2) is 0 Å². The highest BCUT2D eigenvalue weighted by Crippen LogP contribution is 2.15. The number of benzene rings is 1. The third-order valence-corrected chi connectivity index (χ3v) is 3.91. The van der Waals surface area contributed by atoms with Crippen molar-refractivity contribution in [1.29, 1.82) is 0 Å². The summed E-state index contributed by atoms with van der Waals surface area (Å²) in [6.45, 7) is 2.89. The smallest absolute Gasteiger partial charge is 0.0763 e. The summed E-state index contributed by atoms with van der Waals surface area (Å²) in [4.78, 5) is 2.35. The molecule has 1 aromatic rings. The maximum atomic E-state index is 9.63. The molecule has 0 aromatic heterocycles. The number of nitrogens with zero attached hydrogens (tertiary/aromatic N) is 1. The largest absolute Gasteiger partial charge is 0.391 e. The van der Waals surface area contributed by atoms with Crippen molar-refractivity contribution in [2.24, 2.45) is 0 Å². The van der Waals surface area contributed by atoms with Gasteiger partial charge < -0.3 is 10.0 Å².